The number of likely N-dealkylation sites (N-methyl/N-ethyl adjacent to an activating group) is 2. The van der Waals surface area contributed by atoms with Crippen molar-refractivity contribution in [3.05, 3.63) is 47.4 Å². The van der Waals surface area contributed by atoms with Crippen molar-refractivity contribution in [3.63, 3.8) is 0 Å². The van der Waals surface area contributed by atoms with Gasteiger partial charge in [0.2, 0.25) is 11.8 Å². The SMILES string of the molecule is Cc1nc(CN(C)C(=O)C(c2cccc(F)c2)N(C)C)no1. The van der Waals surface area contributed by atoms with E-state index in [1.165, 1.54) is 17.0 Å². The molecule has 22 heavy (non-hydrogen) atoms. The summed E-state index contributed by atoms with van der Waals surface area (Å²) in [6, 6.07) is 5.48. The van der Waals surface area contributed by atoms with Crippen LogP contribution in [0.25, 0.3) is 0 Å². The van der Waals surface area contributed by atoms with E-state index in [0.717, 1.165) is 0 Å². The van der Waals surface area contributed by atoms with Gasteiger partial charge in [-0.15, -0.1) is 0 Å². The van der Waals surface area contributed by atoms with Crippen LogP contribution in [0.2, 0.25) is 0 Å². The molecule has 0 N–H and O–H groups in total. The summed E-state index contributed by atoms with van der Waals surface area (Å²) in [5.41, 5.74) is 0.603. The number of halogens is 1. The van der Waals surface area contributed by atoms with Crippen molar-refractivity contribution >= 4 is 5.91 Å². The number of amides is 1. The Bertz CT molecular complexity index is 656. The van der Waals surface area contributed by atoms with Gasteiger partial charge in [0.15, 0.2) is 5.82 Å². The molecule has 0 fully saturated rings. The Morgan fingerprint density at radius 1 is 1.36 bits per heavy atom. The van der Waals surface area contributed by atoms with E-state index in [2.05, 4.69) is 10.1 Å². The number of carbonyl (C=O) groups excluding carboxylic acids is 1. The van der Waals surface area contributed by atoms with Gasteiger partial charge in [0, 0.05) is 14.0 Å². The molecule has 1 unspecified atom stereocenters. The zero-order valence-corrected chi connectivity index (χ0v) is 13.1. The van der Waals surface area contributed by atoms with Crippen LogP contribution >= 0.6 is 0 Å². The van der Waals surface area contributed by atoms with E-state index in [-0.39, 0.29) is 18.3 Å². The molecular weight excluding hydrogens is 287 g/mol. The van der Waals surface area contributed by atoms with Gasteiger partial charge in [-0.25, -0.2) is 4.39 Å². The Labute approximate surface area is 128 Å². The molecule has 1 atom stereocenters. The maximum Gasteiger partial charge on any atom is 0.244 e. The molecule has 0 radical (unpaired) electrons. The highest BCUT2D eigenvalue weighted by Crippen LogP contribution is 2.21. The topological polar surface area (TPSA) is 62.5 Å². The third-order valence-corrected chi connectivity index (χ3v) is 3.24. The molecule has 1 aromatic heterocycles. The Kier molecular flexibility index (Phi) is 4.87. The van der Waals surface area contributed by atoms with Gasteiger partial charge < -0.3 is 9.42 Å². The van der Waals surface area contributed by atoms with Gasteiger partial charge in [0.05, 0.1) is 6.54 Å². The van der Waals surface area contributed by atoms with Crippen LogP contribution in [0, 0.1) is 12.7 Å². The zero-order valence-electron chi connectivity index (χ0n) is 13.1. The monoisotopic (exact) mass is 306 g/mol. The van der Waals surface area contributed by atoms with Crippen molar-refractivity contribution in [1.82, 2.24) is 19.9 Å². The summed E-state index contributed by atoms with van der Waals surface area (Å²) in [6.45, 7) is 1.92. The second-order valence-corrected chi connectivity index (χ2v) is 5.35. The van der Waals surface area contributed by atoms with Crippen molar-refractivity contribution in [2.75, 3.05) is 21.1 Å². The van der Waals surface area contributed by atoms with Crippen LogP contribution in [0.1, 0.15) is 23.3 Å². The molecule has 118 valence electrons. The second-order valence-electron chi connectivity index (χ2n) is 5.35. The fourth-order valence-electron chi connectivity index (χ4n) is 2.24. The van der Waals surface area contributed by atoms with E-state index in [4.69, 9.17) is 4.52 Å². The molecule has 7 heteroatoms. The number of rotatable bonds is 5. The number of aryl methyl sites for hydroxylation is 1. The number of hydrogen-bond donors (Lipinski definition) is 0. The van der Waals surface area contributed by atoms with Crippen LogP contribution < -0.4 is 0 Å². The lowest BCUT2D eigenvalue weighted by atomic mass is 10.0. The van der Waals surface area contributed by atoms with E-state index >= 15 is 0 Å². The molecule has 2 rings (SSSR count). The summed E-state index contributed by atoms with van der Waals surface area (Å²) in [6.07, 6.45) is 0. The van der Waals surface area contributed by atoms with Crippen LogP contribution in [0.4, 0.5) is 4.39 Å². The van der Waals surface area contributed by atoms with Crippen LogP contribution in [0.5, 0.6) is 0 Å². The Morgan fingerprint density at radius 3 is 2.64 bits per heavy atom. The Hall–Kier alpha value is -2.28. The highest BCUT2D eigenvalue weighted by molar-refractivity contribution is 5.83. The minimum absolute atomic E-state index is 0.168. The summed E-state index contributed by atoms with van der Waals surface area (Å²) >= 11 is 0. The standard InChI is InChI=1S/C15H19FN4O2/c1-10-17-13(18-22-10)9-20(4)15(21)14(19(2)3)11-6-5-7-12(16)8-11/h5-8,14H,9H2,1-4H3. The summed E-state index contributed by atoms with van der Waals surface area (Å²) in [7, 11) is 5.21. The number of aromatic nitrogens is 2. The fourth-order valence-corrected chi connectivity index (χ4v) is 2.24. The number of hydrogen-bond acceptors (Lipinski definition) is 5. The molecule has 0 bridgehead atoms. The minimum Gasteiger partial charge on any atom is -0.340 e. The maximum absolute atomic E-state index is 13.4. The Balaban J connectivity index is 2.19. The highest BCUT2D eigenvalue weighted by Gasteiger charge is 2.27. The number of nitrogens with zero attached hydrogens (tertiary/aromatic N) is 4. The zero-order chi connectivity index (χ0) is 16.3. The first kappa shape index (κ1) is 16.1. The predicted octanol–water partition coefficient (Wildman–Crippen LogP) is 1.78. The lowest BCUT2D eigenvalue weighted by Crippen LogP contribution is -2.38. The molecular formula is C15H19FN4O2. The Morgan fingerprint density at radius 2 is 2.09 bits per heavy atom. The first-order valence-electron chi connectivity index (χ1n) is 6.84. The van der Waals surface area contributed by atoms with Crippen LogP contribution in [0.15, 0.2) is 28.8 Å². The summed E-state index contributed by atoms with van der Waals surface area (Å²) < 4.78 is 18.3. The molecule has 0 aliphatic carbocycles. The van der Waals surface area contributed by atoms with Gasteiger partial charge in [-0.1, -0.05) is 17.3 Å². The van der Waals surface area contributed by atoms with Crippen LogP contribution in [-0.4, -0.2) is 47.0 Å². The van der Waals surface area contributed by atoms with E-state index in [1.54, 1.807) is 45.1 Å². The second kappa shape index (κ2) is 6.65. The van der Waals surface area contributed by atoms with Crippen molar-refractivity contribution in [2.45, 2.75) is 19.5 Å². The third-order valence-electron chi connectivity index (χ3n) is 3.24. The van der Waals surface area contributed by atoms with Gasteiger partial charge in [-0.05, 0) is 31.8 Å². The summed E-state index contributed by atoms with van der Waals surface area (Å²) in [5, 5.41) is 3.78. The van der Waals surface area contributed by atoms with E-state index in [9.17, 15) is 9.18 Å². The van der Waals surface area contributed by atoms with E-state index < -0.39 is 6.04 Å². The molecule has 6 nitrogen and oxygen atoms in total. The molecule has 0 aliphatic rings. The average molecular weight is 306 g/mol. The molecule has 0 saturated heterocycles. The van der Waals surface area contributed by atoms with Gasteiger partial charge in [-0.3, -0.25) is 9.69 Å². The predicted molar refractivity (Wildman–Crippen MR) is 78.3 cm³/mol. The van der Waals surface area contributed by atoms with Gasteiger partial charge in [0.25, 0.3) is 0 Å². The number of benzene rings is 1. The first-order chi connectivity index (χ1) is 10.4. The average Bonchev–Trinajstić information content (AvgIpc) is 2.83. The van der Waals surface area contributed by atoms with Crippen LogP contribution in [-0.2, 0) is 11.3 Å². The van der Waals surface area contributed by atoms with Gasteiger partial charge in [-0.2, -0.15) is 4.98 Å². The smallest absolute Gasteiger partial charge is 0.244 e. The summed E-state index contributed by atoms with van der Waals surface area (Å²) in [4.78, 5) is 20.0. The molecule has 1 heterocycles. The maximum atomic E-state index is 13.4. The first-order valence-corrected chi connectivity index (χ1v) is 6.84. The molecule has 0 aliphatic heterocycles. The number of carbonyl (C=O) groups is 1. The third kappa shape index (κ3) is 3.67. The van der Waals surface area contributed by atoms with Crippen molar-refractivity contribution in [3.8, 4) is 0 Å². The van der Waals surface area contributed by atoms with Crippen LogP contribution in [0.3, 0.4) is 0 Å². The largest absolute Gasteiger partial charge is 0.340 e. The van der Waals surface area contributed by atoms with Crippen molar-refractivity contribution < 1.29 is 13.7 Å². The molecule has 0 saturated carbocycles. The van der Waals surface area contributed by atoms with E-state index in [0.29, 0.717) is 17.3 Å². The van der Waals surface area contributed by atoms with Gasteiger partial charge in [0.1, 0.15) is 11.9 Å². The highest BCUT2D eigenvalue weighted by atomic mass is 19.1. The quantitative estimate of drug-likeness (QED) is 0.842. The van der Waals surface area contributed by atoms with Crippen molar-refractivity contribution in [2.24, 2.45) is 0 Å². The lowest BCUT2D eigenvalue weighted by Gasteiger charge is -2.28. The molecule has 1 aromatic carbocycles. The normalized spacial score (nSPS) is 12.5. The minimum atomic E-state index is -0.575. The van der Waals surface area contributed by atoms with Crippen molar-refractivity contribution in [1.29, 1.82) is 0 Å². The van der Waals surface area contributed by atoms with Gasteiger partial charge >= 0.3 is 0 Å². The summed E-state index contributed by atoms with van der Waals surface area (Å²) in [5.74, 6) is 0.349. The van der Waals surface area contributed by atoms with E-state index in [1.807, 2.05) is 0 Å². The molecule has 0 spiro atoms. The fraction of sp³-hybridized carbons (Fsp3) is 0.400. The lowest BCUT2D eigenvalue weighted by molar-refractivity contribution is -0.135. The molecule has 1 amide bonds. The molecule has 2 aromatic rings.